The molecule has 0 saturated heterocycles. The molecule has 0 aromatic heterocycles. The van der Waals surface area contributed by atoms with Crippen LogP contribution in [0.1, 0.15) is 91.2 Å². The average molecular weight is 591 g/mol. The molecule has 8 N–H and O–H groups in total. The van der Waals surface area contributed by atoms with Gasteiger partial charge in [0.05, 0.1) is 11.1 Å². The van der Waals surface area contributed by atoms with Crippen molar-refractivity contribution in [3.63, 3.8) is 0 Å². The molecule has 0 aliphatic carbocycles. The summed E-state index contributed by atoms with van der Waals surface area (Å²) in [5.41, 5.74) is 16.9. The third kappa shape index (κ3) is 12.8. The molecule has 0 fully saturated rings. The Labute approximate surface area is 251 Å². The van der Waals surface area contributed by atoms with Crippen LogP contribution in [-0.4, -0.2) is 81.0 Å². The molecular weight excluding hydrogens is 536 g/mol. The van der Waals surface area contributed by atoms with E-state index in [2.05, 4.69) is 9.98 Å². The van der Waals surface area contributed by atoms with Gasteiger partial charge in [-0.2, -0.15) is 0 Å². The maximum absolute atomic E-state index is 13.3. The summed E-state index contributed by atoms with van der Waals surface area (Å²) < 4.78 is 0. The first-order valence-corrected chi connectivity index (χ1v) is 14.9. The number of nitrogens with two attached hydrogens (primary N) is 2. The number of benzene rings is 1. The molecule has 12 nitrogen and oxygen atoms in total. The number of rotatable bonds is 18. The van der Waals surface area contributed by atoms with Gasteiger partial charge in [0.15, 0.2) is 0 Å². The third-order valence-corrected chi connectivity index (χ3v) is 7.28. The minimum atomic E-state index is -1.00. The Hall–Kier alpha value is -3.06. The van der Waals surface area contributed by atoms with E-state index < -0.39 is 11.1 Å². The van der Waals surface area contributed by atoms with Crippen molar-refractivity contribution < 1.29 is 20.0 Å². The van der Waals surface area contributed by atoms with E-state index >= 15 is 0 Å². The number of amidine groups is 2. The van der Waals surface area contributed by atoms with Crippen molar-refractivity contribution in [1.29, 1.82) is 0 Å². The molecule has 42 heavy (non-hydrogen) atoms. The number of likely N-dealkylation sites (N-methyl/N-ethyl adjacent to an activating group) is 2. The van der Waals surface area contributed by atoms with E-state index in [0.717, 1.165) is 36.8 Å². The Kier molecular flexibility index (Phi) is 16.3. The van der Waals surface area contributed by atoms with Crippen molar-refractivity contribution in [3.05, 3.63) is 35.4 Å². The van der Waals surface area contributed by atoms with E-state index in [1.54, 1.807) is 37.5 Å². The molecule has 1 rings (SSSR count). The number of amides is 2. The van der Waals surface area contributed by atoms with Crippen LogP contribution < -0.4 is 22.4 Å². The van der Waals surface area contributed by atoms with Gasteiger partial charge in [-0.25, -0.2) is 0 Å². The highest BCUT2D eigenvalue weighted by Crippen LogP contribution is 2.20. The molecule has 1 aromatic carbocycles. The molecule has 2 atom stereocenters. The molecule has 0 radical (unpaired) electrons. The van der Waals surface area contributed by atoms with Crippen LogP contribution in [0.25, 0.3) is 0 Å². The van der Waals surface area contributed by atoms with E-state index in [9.17, 15) is 9.59 Å². The Morgan fingerprint density at radius 2 is 1.17 bits per heavy atom. The molecule has 0 heterocycles. The molecule has 1 aromatic rings. The number of unbranched alkanes of at least 4 members (excludes halogenated alkanes) is 2. The minimum Gasteiger partial charge on any atom is -0.337 e. The Morgan fingerprint density at radius 1 is 0.786 bits per heavy atom. The van der Waals surface area contributed by atoms with Gasteiger partial charge in [-0.05, 0) is 91.2 Å². The Balaban J connectivity index is 2.79. The third-order valence-electron chi connectivity index (χ3n) is 7.28. The highest BCUT2D eigenvalue weighted by atomic mass is 16.5. The van der Waals surface area contributed by atoms with Crippen LogP contribution >= 0.6 is 0 Å². The quantitative estimate of drug-likeness (QED) is 0.0653. The molecule has 0 spiro atoms. The number of carbonyl (C=O) groups is 2. The summed E-state index contributed by atoms with van der Waals surface area (Å²) in [4.78, 5) is 38.6. The summed E-state index contributed by atoms with van der Waals surface area (Å²) in [7, 11) is 0. The predicted molar refractivity (Wildman–Crippen MR) is 167 cm³/mol. The summed E-state index contributed by atoms with van der Waals surface area (Å²) in [5.74, 6) is 0.693. The van der Waals surface area contributed by atoms with Crippen molar-refractivity contribution in [2.45, 2.75) is 104 Å². The fourth-order valence-electron chi connectivity index (χ4n) is 4.63. The molecule has 0 aliphatic rings. The molecule has 0 bridgehead atoms. The lowest BCUT2D eigenvalue weighted by atomic mass is 9.93. The van der Waals surface area contributed by atoms with Gasteiger partial charge in [-0.3, -0.25) is 40.9 Å². The molecule has 2 unspecified atom stereocenters. The second-order valence-electron chi connectivity index (χ2n) is 11.4. The second kappa shape index (κ2) is 18.5. The standard InChI is InChI=1S/C30H54N8O4/c1-7-37(27(39)29(5,31)16-9-11-18-33-23(3)35-41)21-25-14-13-15-26(20-25)22-38(8-2)28(40)30(6,32)17-10-12-19-34-24(4)36-42/h13-15,20,41-42H,7-12,16-19,21-22,31-32H2,1-6H3,(H,33,35)(H,34,36). The van der Waals surface area contributed by atoms with Crippen LogP contribution in [0.3, 0.4) is 0 Å². The topological polar surface area (TPSA) is 182 Å². The zero-order valence-corrected chi connectivity index (χ0v) is 26.4. The number of hydroxylamine groups is 2. The zero-order valence-electron chi connectivity index (χ0n) is 26.4. The smallest absolute Gasteiger partial charge is 0.242 e. The lowest BCUT2D eigenvalue weighted by Gasteiger charge is -2.32. The normalized spacial score (nSPS) is 15.0. The van der Waals surface area contributed by atoms with Gasteiger partial charge in [-0.15, -0.1) is 0 Å². The van der Waals surface area contributed by atoms with Crippen molar-refractivity contribution >= 4 is 23.5 Å². The van der Waals surface area contributed by atoms with E-state index in [4.69, 9.17) is 21.9 Å². The van der Waals surface area contributed by atoms with E-state index in [-0.39, 0.29) is 11.8 Å². The van der Waals surface area contributed by atoms with Gasteiger partial charge in [0.2, 0.25) is 11.8 Å². The first kappa shape index (κ1) is 37.0. The zero-order chi connectivity index (χ0) is 31.8. The minimum absolute atomic E-state index is 0.107. The number of aliphatic imine (C=N–C) groups is 2. The summed E-state index contributed by atoms with van der Waals surface area (Å²) in [5, 5.41) is 17.6. The SMILES string of the molecule is CCN(Cc1cccc(CN(CC)C(=O)C(C)(N)CCCCN=C(C)NO)c1)C(=O)C(C)(N)CCCCN=C(C)NO. The monoisotopic (exact) mass is 590 g/mol. The van der Waals surface area contributed by atoms with Crippen LogP contribution in [0.15, 0.2) is 34.3 Å². The van der Waals surface area contributed by atoms with Gasteiger partial charge in [-0.1, -0.05) is 24.3 Å². The van der Waals surface area contributed by atoms with Crippen molar-refractivity contribution in [2.24, 2.45) is 21.5 Å². The van der Waals surface area contributed by atoms with Crippen LogP contribution in [0.4, 0.5) is 0 Å². The van der Waals surface area contributed by atoms with Gasteiger partial charge >= 0.3 is 0 Å². The summed E-state index contributed by atoms with van der Waals surface area (Å²) in [6.45, 7) is 13.8. The van der Waals surface area contributed by atoms with E-state index in [1.165, 1.54) is 0 Å². The number of nitrogens with zero attached hydrogens (tertiary/aromatic N) is 4. The van der Waals surface area contributed by atoms with Gasteiger partial charge < -0.3 is 21.3 Å². The van der Waals surface area contributed by atoms with Crippen LogP contribution in [0, 0.1) is 0 Å². The van der Waals surface area contributed by atoms with Gasteiger partial charge in [0.1, 0.15) is 11.7 Å². The second-order valence-corrected chi connectivity index (χ2v) is 11.4. The maximum atomic E-state index is 13.3. The lowest BCUT2D eigenvalue weighted by molar-refractivity contribution is -0.137. The van der Waals surface area contributed by atoms with Crippen molar-refractivity contribution in [2.75, 3.05) is 26.2 Å². The average Bonchev–Trinajstić information content (AvgIpc) is 2.97. The number of hydrogen-bond acceptors (Lipinski definition) is 8. The van der Waals surface area contributed by atoms with Gasteiger partial charge in [0, 0.05) is 39.3 Å². The fourth-order valence-corrected chi connectivity index (χ4v) is 4.63. The molecule has 0 aliphatic heterocycles. The largest absolute Gasteiger partial charge is 0.337 e. The van der Waals surface area contributed by atoms with Crippen LogP contribution in [0.2, 0.25) is 0 Å². The molecule has 0 saturated carbocycles. The highest BCUT2D eigenvalue weighted by molar-refractivity contribution is 5.86. The van der Waals surface area contributed by atoms with Crippen LogP contribution in [0.5, 0.6) is 0 Å². The molecule has 2 amide bonds. The first-order chi connectivity index (χ1) is 19.8. The van der Waals surface area contributed by atoms with Crippen molar-refractivity contribution in [3.8, 4) is 0 Å². The first-order valence-electron chi connectivity index (χ1n) is 14.9. The Morgan fingerprint density at radius 3 is 1.50 bits per heavy atom. The fraction of sp³-hybridized carbons (Fsp3) is 0.667. The van der Waals surface area contributed by atoms with E-state index in [1.807, 2.05) is 49.1 Å². The molecular formula is C30H54N8O4. The van der Waals surface area contributed by atoms with Crippen molar-refractivity contribution in [1.82, 2.24) is 20.8 Å². The Bertz CT molecular complexity index is 965. The van der Waals surface area contributed by atoms with Crippen LogP contribution in [-0.2, 0) is 22.7 Å². The summed E-state index contributed by atoms with van der Waals surface area (Å²) in [6, 6.07) is 7.92. The lowest BCUT2D eigenvalue weighted by Crippen LogP contribution is -2.53. The summed E-state index contributed by atoms with van der Waals surface area (Å²) >= 11 is 0. The number of nitrogens with one attached hydrogen (secondary N) is 2. The molecule has 12 heteroatoms. The van der Waals surface area contributed by atoms with E-state index in [0.29, 0.717) is 63.8 Å². The highest BCUT2D eigenvalue weighted by Gasteiger charge is 2.33. The number of carbonyl (C=O) groups excluding carboxylic acids is 2. The predicted octanol–water partition coefficient (Wildman–Crippen LogP) is 2.95. The molecule has 238 valence electrons. The maximum Gasteiger partial charge on any atom is 0.242 e. The number of hydrogen-bond donors (Lipinski definition) is 6. The summed E-state index contributed by atoms with van der Waals surface area (Å²) in [6.07, 6.45) is 4.06. The van der Waals surface area contributed by atoms with Gasteiger partial charge in [0.25, 0.3) is 0 Å².